The number of rotatable bonds is 2. The number of halogens is 4. The third kappa shape index (κ3) is 3.18. The van der Waals surface area contributed by atoms with Gasteiger partial charge in [0.05, 0.1) is 0 Å². The fourth-order valence-corrected chi connectivity index (χ4v) is 1.27. The molecule has 0 saturated carbocycles. The quantitative estimate of drug-likeness (QED) is 0.738. The van der Waals surface area contributed by atoms with Gasteiger partial charge in [0.15, 0.2) is 0 Å². The van der Waals surface area contributed by atoms with Gasteiger partial charge in [0.1, 0.15) is 0 Å². The van der Waals surface area contributed by atoms with E-state index in [4.69, 9.17) is 0 Å². The number of carbonyl (C=O) groups excluding carboxylic acids is 1. The monoisotopic (exact) mass is 249 g/mol. The first kappa shape index (κ1) is 13.5. The average molecular weight is 249 g/mol. The van der Waals surface area contributed by atoms with Crippen molar-refractivity contribution in [3.05, 3.63) is 29.8 Å². The van der Waals surface area contributed by atoms with Crippen molar-refractivity contribution >= 4 is 11.6 Å². The zero-order valence-electron chi connectivity index (χ0n) is 9.25. The van der Waals surface area contributed by atoms with Gasteiger partial charge in [-0.1, -0.05) is 12.1 Å². The Labute approximate surface area is 95.8 Å². The van der Waals surface area contributed by atoms with E-state index in [1.807, 2.05) is 0 Å². The van der Waals surface area contributed by atoms with Crippen molar-refractivity contribution in [2.45, 2.75) is 19.3 Å². The van der Waals surface area contributed by atoms with E-state index in [-0.39, 0.29) is 5.69 Å². The summed E-state index contributed by atoms with van der Waals surface area (Å²) < 4.78 is 48.9. The van der Waals surface area contributed by atoms with Gasteiger partial charge in [-0.15, -0.1) is 0 Å². The molecule has 0 aromatic heterocycles. The van der Waals surface area contributed by atoms with Gasteiger partial charge >= 0.3 is 6.18 Å². The van der Waals surface area contributed by atoms with Crippen LogP contribution in [0.4, 0.5) is 23.2 Å². The van der Waals surface area contributed by atoms with Gasteiger partial charge in [-0.3, -0.25) is 4.79 Å². The summed E-state index contributed by atoms with van der Waals surface area (Å²) in [5.41, 5.74) is 0.992. The molecule has 1 amide bonds. The smallest absolute Gasteiger partial charge is 0.313 e. The lowest BCUT2D eigenvalue weighted by atomic mass is 10.2. The van der Waals surface area contributed by atoms with E-state index < -0.39 is 18.3 Å². The van der Waals surface area contributed by atoms with Crippen molar-refractivity contribution in [2.24, 2.45) is 0 Å². The summed E-state index contributed by atoms with van der Waals surface area (Å²) in [4.78, 5) is 11.9. The van der Waals surface area contributed by atoms with Gasteiger partial charge in [-0.25, -0.2) is 4.39 Å². The number of anilines is 1. The van der Waals surface area contributed by atoms with Gasteiger partial charge in [0.25, 0.3) is 12.1 Å². The normalized spacial score (nSPS) is 13.3. The van der Waals surface area contributed by atoms with Crippen molar-refractivity contribution in [3.8, 4) is 0 Å². The van der Waals surface area contributed by atoms with E-state index in [2.05, 4.69) is 0 Å². The molecule has 0 heterocycles. The number of nitrogens with zero attached hydrogens (tertiary/aromatic N) is 1. The number of hydrogen-bond donors (Lipinski definition) is 0. The Balaban J connectivity index is 2.91. The van der Waals surface area contributed by atoms with Crippen LogP contribution >= 0.6 is 0 Å². The molecule has 0 radical (unpaired) electrons. The molecule has 0 saturated heterocycles. The number of carbonyl (C=O) groups is 1. The largest absolute Gasteiger partial charge is 0.428 e. The number of amides is 1. The van der Waals surface area contributed by atoms with Crippen molar-refractivity contribution in [2.75, 3.05) is 11.9 Å². The van der Waals surface area contributed by atoms with Gasteiger partial charge in [0, 0.05) is 12.7 Å². The van der Waals surface area contributed by atoms with Crippen LogP contribution in [0.25, 0.3) is 0 Å². The van der Waals surface area contributed by atoms with E-state index in [9.17, 15) is 22.4 Å². The maximum Gasteiger partial charge on any atom is 0.428 e. The van der Waals surface area contributed by atoms with Crippen LogP contribution in [0, 0.1) is 6.92 Å². The third-order valence-electron chi connectivity index (χ3n) is 2.22. The summed E-state index contributed by atoms with van der Waals surface area (Å²) in [7, 11) is 1.11. The van der Waals surface area contributed by atoms with Crippen LogP contribution in [-0.2, 0) is 4.79 Å². The fourth-order valence-electron chi connectivity index (χ4n) is 1.27. The second-order valence-corrected chi connectivity index (χ2v) is 3.64. The summed E-state index contributed by atoms with van der Waals surface area (Å²) >= 11 is 0. The number of alkyl halides is 4. The van der Waals surface area contributed by atoms with Crippen LogP contribution in [0.15, 0.2) is 24.3 Å². The van der Waals surface area contributed by atoms with Crippen LogP contribution in [0.3, 0.4) is 0 Å². The molecule has 0 bridgehead atoms. The molecule has 1 rings (SSSR count). The van der Waals surface area contributed by atoms with Gasteiger partial charge in [-0.05, 0) is 24.6 Å². The molecule has 0 aliphatic heterocycles. The minimum Gasteiger partial charge on any atom is -0.313 e. The van der Waals surface area contributed by atoms with E-state index >= 15 is 0 Å². The van der Waals surface area contributed by atoms with Gasteiger partial charge < -0.3 is 4.90 Å². The highest BCUT2D eigenvalue weighted by molar-refractivity contribution is 5.96. The molecule has 0 fully saturated rings. The summed E-state index contributed by atoms with van der Waals surface area (Å²) in [6, 6.07) is 6.24. The van der Waals surface area contributed by atoms with E-state index in [1.54, 1.807) is 19.1 Å². The fraction of sp³-hybridized carbons (Fsp3) is 0.364. The predicted octanol–water partition coefficient (Wildman–Crippen LogP) is 2.86. The second kappa shape index (κ2) is 4.73. The van der Waals surface area contributed by atoms with Crippen molar-refractivity contribution in [3.63, 3.8) is 0 Å². The second-order valence-electron chi connectivity index (χ2n) is 3.64. The lowest BCUT2D eigenvalue weighted by Gasteiger charge is -2.21. The first-order valence-corrected chi connectivity index (χ1v) is 4.78. The Hall–Kier alpha value is -1.59. The Kier molecular flexibility index (Phi) is 3.75. The molecule has 1 aromatic rings. The molecule has 2 nitrogen and oxygen atoms in total. The zero-order chi connectivity index (χ0) is 13.2. The molecule has 1 aromatic carbocycles. The van der Waals surface area contributed by atoms with Crippen molar-refractivity contribution in [1.82, 2.24) is 0 Å². The molecule has 1 atom stereocenters. The highest BCUT2D eigenvalue weighted by atomic mass is 19.4. The average Bonchev–Trinajstić information content (AvgIpc) is 2.25. The lowest BCUT2D eigenvalue weighted by molar-refractivity contribution is -0.185. The first-order chi connectivity index (χ1) is 7.73. The first-order valence-electron chi connectivity index (χ1n) is 4.78. The molecule has 0 N–H and O–H groups in total. The Bertz CT molecular complexity index is 416. The Morgan fingerprint density at radius 2 is 1.94 bits per heavy atom. The van der Waals surface area contributed by atoms with E-state index in [0.29, 0.717) is 4.90 Å². The predicted molar refractivity (Wildman–Crippen MR) is 55.5 cm³/mol. The summed E-state index contributed by atoms with van der Waals surface area (Å²) in [6.07, 6.45) is -8.66. The SMILES string of the molecule is Cc1cccc(N(C)C(=O)C(F)C(F)(F)F)c1. The maximum atomic E-state index is 12.8. The minimum absolute atomic E-state index is 0.224. The van der Waals surface area contributed by atoms with E-state index in [0.717, 1.165) is 12.6 Å². The van der Waals surface area contributed by atoms with E-state index in [1.165, 1.54) is 12.1 Å². The molecule has 1 unspecified atom stereocenters. The van der Waals surface area contributed by atoms with Crippen LogP contribution in [0.1, 0.15) is 5.56 Å². The summed E-state index contributed by atoms with van der Waals surface area (Å²) in [5, 5.41) is 0. The van der Waals surface area contributed by atoms with Crippen LogP contribution < -0.4 is 4.90 Å². The number of aryl methyl sites for hydroxylation is 1. The molecule has 0 aliphatic carbocycles. The molecule has 94 valence electrons. The summed E-state index contributed by atoms with van der Waals surface area (Å²) in [6.45, 7) is 1.72. The highest BCUT2D eigenvalue weighted by Crippen LogP contribution is 2.26. The third-order valence-corrected chi connectivity index (χ3v) is 2.22. The summed E-state index contributed by atoms with van der Waals surface area (Å²) in [5.74, 6) is -1.62. The van der Waals surface area contributed by atoms with Crippen LogP contribution in [-0.4, -0.2) is 25.3 Å². The zero-order valence-corrected chi connectivity index (χ0v) is 9.25. The molecule has 0 aliphatic rings. The van der Waals surface area contributed by atoms with Crippen molar-refractivity contribution < 1.29 is 22.4 Å². The number of benzene rings is 1. The van der Waals surface area contributed by atoms with Crippen molar-refractivity contribution in [1.29, 1.82) is 0 Å². The standard InChI is InChI=1S/C11H11F4NO/c1-7-4-3-5-8(6-7)16(2)10(17)9(12)11(13,14)15/h3-6,9H,1-2H3. The van der Waals surface area contributed by atoms with Crippen LogP contribution in [0.5, 0.6) is 0 Å². The molecule has 17 heavy (non-hydrogen) atoms. The molecule has 0 spiro atoms. The lowest BCUT2D eigenvalue weighted by Crippen LogP contribution is -2.42. The number of hydrogen-bond acceptors (Lipinski definition) is 1. The Morgan fingerprint density at radius 1 is 1.35 bits per heavy atom. The molecular formula is C11H11F4NO. The molecule has 6 heteroatoms. The minimum atomic E-state index is -5.17. The molecular weight excluding hydrogens is 238 g/mol. The van der Waals surface area contributed by atoms with Gasteiger partial charge in [0.2, 0.25) is 0 Å². The topological polar surface area (TPSA) is 20.3 Å². The Morgan fingerprint density at radius 3 is 2.41 bits per heavy atom. The van der Waals surface area contributed by atoms with Gasteiger partial charge in [-0.2, -0.15) is 13.2 Å². The highest BCUT2D eigenvalue weighted by Gasteiger charge is 2.46. The van der Waals surface area contributed by atoms with Crippen LogP contribution in [0.2, 0.25) is 0 Å². The maximum absolute atomic E-state index is 12.8.